The fourth-order valence-corrected chi connectivity index (χ4v) is 4.43. The van der Waals surface area contributed by atoms with Crippen LogP contribution in [0.5, 0.6) is 17.2 Å². The molecular formula is C24H32N2O4. The van der Waals surface area contributed by atoms with Crippen molar-refractivity contribution in [3.05, 3.63) is 45.6 Å². The largest absolute Gasteiger partial charge is 0.493 e. The minimum Gasteiger partial charge on any atom is -0.493 e. The summed E-state index contributed by atoms with van der Waals surface area (Å²) in [7, 11) is 6.82. The number of nitrogens with one attached hydrogen (secondary N) is 1. The number of methoxy groups -OCH3 is 3. The number of benzene rings is 1. The summed E-state index contributed by atoms with van der Waals surface area (Å²) in [5, 5.41) is 3.39. The SMILES string of the molecule is CCN(CC)c1ccc2c(cc1=O)[C@H](NC)CCc1cc(OC)c(OC)c(OC)c1-2. The van der Waals surface area contributed by atoms with Gasteiger partial charge in [-0.1, -0.05) is 6.07 Å². The van der Waals surface area contributed by atoms with E-state index in [1.807, 2.05) is 25.2 Å². The summed E-state index contributed by atoms with van der Waals surface area (Å²) in [4.78, 5) is 15.3. The van der Waals surface area contributed by atoms with Crippen LogP contribution in [-0.4, -0.2) is 41.5 Å². The van der Waals surface area contributed by atoms with E-state index in [0.29, 0.717) is 22.9 Å². The van der Waals surface area contributed by atoms with Crippen molar-refractivity contribution in [2.75, 3.05) is 46.4 Å². The number of rotatable bonds is 7. The molecule has 0 saturated heterocycles. The Morgan fingerprint density at radius 3 is 2.30 bits per heavy atom. The smallest absolute Gasteiger partial charge is 0.203 e. The Morgan fingerprint density at radius 2 is 1.73 bits per heavy atom. The molecule has 0 bridgehead atoms. The van der Waals surface area contributed by atoms with E-state index in [4.69, 9.17) is 14.2 Å². The highest BCUT2D eigenvalue weighted by molar-refractivity contribution is 5.83. The molecule has 0 fully saturated rings. The molecule has 1 aliphatic carbocycles. The predicted molar refractivity (Wildman–Crippen MR) is 121 cm³/mol. The van der Waals surface area contributed by atoms with E-state index >= 15 is 0 Å². The summed E-state index contributed by atoms with van der Waals surface area (Å²) in [5.74, 6) is 1.84. The molecule has 2 aromatic rings. The summed E-state index contributed by atoms with van der Waals surface area (Å²) >= 11 is 0. The summed E-state index contributed by atoms with van der Waals surface area (Å²) in [5.41, 5.74) is 4.78. The minimum atomic E-state index is 0.0306. The Morgan fingerprint density at radius 1 is 1.03 bits per heavy atom. The van der Waals surface area contributed by atoms with Crippen molar-refractivity contribution in [3.8, 4) is 28.4 Å². The van der Waals surface area contributed by atoms with Crippen LogP contribution < -0.4 is 29.9 Å². The summed E-state index contributed by atoms with van der Waals surface area (Å²) in [6, 6.07) is 7.85. The average Bonchev–Trinajstić information content (AvgIpc) is 3.01. The van der Waals surface area contributed by atoms with Gasteiger partial charge in [0, 0.05) is 24.7 Å². The third-order valence-electron chi connectivity index (χ3n) is 5.97. The van der Waals surface area contributed by atoms with Crippen LogP contribution in [0.25, 0.3) is 11.1 Å². The molecule has 1 atom stereocenters. The standard InChI is InChI=1S/C24H32N2O4/c1-7-26(8-2)19-12-10-16-17(14-20(19)27)18(25-3)11-9-15-13-21(28-4)23(29-5)24(30-6)22(15)16/h10,12-14,18,25H,7-9,11H2,1-6H3/t18-/m1/s1. The highest BCUT2D eigenvalue weighted by Gasteiger charge is 2.28. The van der Waals surface area contributed by atoms with E-state index in [1.165, 1.54) is 0 Å². The van der Waals surface area contributed by atoms with Gasteiger partial charge in [0.05, 0.1) is 27.0 Å². The minimum absolute atomic E-state index is 0.0306. The van der Waals surface area contributed by atoms with Gasteiger partial charge in [0.1, 0.15) is 0 Å². The van der Waals surface area contributed by atoms with Crippen LogP contribution in [0.15, 0.2) is 29.1 Å². The second kappa shape index (κ2) is 9.39. The molecule has 3 rings (SSSR count). The van der Waals surface area contributed by atoms with Gasteiger partial charge in [0.25, 0.3) is 0 Å². The van der Waals surface area contributed by atoms with Crippen LogP contribution >= 0.6 is 0 Å². The topological polar surface area (TPSA) is 60.0 Å². The molecule has 0 aliphatic heterocycles. The third kappa shape index (κ3) is 3.72. The Bertz CT molecular complexity index is 970. The zero-order valence-corrected chi connectivity index (χ0v) is 18.8. The first-order chi connectivity index (χ1) is 14.5. The molecule has 162 valence electrons. The van der Waals surface area contributed by atoms with E-state index in [2.05, 4.69) is 24.1 Å². The number of ether oxygens (including phenoxy) is 3. The number of hydrogen-bond donors (Lipinski definition) is 1. The first kappa shape index (κ1) is 22.0. The Kier molecular flexibility index (Phi) is 6.87. The predicted octanol–water partition coefficient (Wildman–Crippen LogP) is 3.79. The van der Waals surface area contributed by atoms with Crippen LogP contribution in [0.4, 0.5) is 5.69 Å². The molecule has 6 heteroatoms. The van der Waals surface area contributed by atoms with E-state index in [0.717, 1.165) is 48.2 Å². The molecule has 2 aromatic carbocycles. The van der Waals surface area contributed by atoms with Crippen molar-refractivity contribution in [2.24, 2.45) is 0 Å². The number of fused-ring (bicyclic) bond motifs is 3. The van der Waals surface area contributed by atoms with Crippen molar-refractivity contribution in [3.63, 3.8) is 0 Å². The number of anilines is 1. The van der Waals surface area contributed by atoms with Gasteiger partial charge in [-0.15, -0.1) is 0 Å². The first-order valence-corrected chi connectivity index (χ1v) is 10.5. The van der Waals surface area contributed by atoms with Gasteiger partial charge in [0.15, 0.2) is 11.5 Å². The van der Waals surface area contributed by atoms with E-state index in [1.54, 1.807) is 27.4 Å². The molecule has 0 saturated carbocycles. The van der Waals surface area contributed by atoms with Crippen LogP contribution in [0, 0.1) is 0 Å². The number of hydrogen-bond acceptors (Lipinski definition) is 6. The van der Waals surface area contributed by atoms with E-state index in [9.17, 15) is 4.79 Å². The third-order valence-corrected chi connectivity index (χ3v) is 5.97. The molecule has 0 unspecified atom stereocenters. The summed E-state index contributed by atoms with van der Waals surface area (Å²) < 4.78 is 17.0. The van der Waals surface area contributed by atoms with Crippen LogP contribution in [-0.2, 0) is 6.42 Å². The quantitative estimate of drug-likeness (QED) is 0.747. The average molecular weight is 413 g/mol. The van der Waals surface area contributed by atoms with Gasteiger partial charge < -0.3 is 24.4 Å². The number of nitrogens with zero attached hydrogens (tertiary/aromatic N) is 1. The lowest BCUT2D eigenvalue weighted by molar-refractivity contribution is 0.324. The molecule has 6 nitrogen and oxygen atoms in total. The zero-order valence-electron chi connectivity index (χ0n) is 18.8. The molecule has 30 heavy (non-hydrogen) atoms. The van der Waals surface area contributed by atoms with Crippen LogP contribution in [0.3, 0.4) is 0 Å². The first-order valence-electron chi connectivity index (χ1n) is 10.5. The van der Waals surface area contributed by atoms with Gasteiger partial charge in [-0.05, 0) is 68.6 Å². The second-order valence-electron chi connectivity index (χ2n) is 7.33. The highest BCUT2D eigenvalue weighted by Crippen LogP contribution is 2.50. The van der Waals surface area contributed by atoms with E-state index < -0.39 is 0 Å². The van der Waals surface area contributed by atoms with Gasteiger partial charge in [-0.2, -0.15) is 0 Å². The lowest BCUT2D eigenvalue weighted by Gasteiger charge is -2.19. The van der Waals surface area contributed by atoms with Crippen LogP contribution in [0.2, 0.25) is 0 Å². The van der Waals surface area contributed by atoms with Crippen molar-refractivity contribution in [1.82, 2.24) is 5.32 Å². The van der Waals surface area contributed by atoms with Crippen molar-refractivity contribution in [2.45, 2.75) is 32.7 Å². The lowest BCUT2D eigenvalue weighted by Crippen LogP contribution is -2.26. The maximum Gasteiger partial charge on any atom is 0.203 e. The van der Waals surface area contributed by atoms with Gasteiger partial charge in [-0.25, -0.2) is 0 Å². The molecular weight excluding hydrogens is 380 g/mol. The zero-order chi connectivity index (χ0) is 21.8. The van der Waals surface area contributed by atoms with Crippen molar-refractivity contribution >= 4 is 5.69 Å². The van der Waals surface area contributed by atoms with Crippen LogP contribution in [0.1, 0.15) is 37.4 Å². The molecule has 1 N–H and O–H groups in total. The number of aryl methyl sites for hydroxylation is 1. The van der Waals surface area contributed by atoms with E-state index in [-0.39, 0.29) is 11.5 Å². The monoisotopic (exact) mass is 412 g/mol. The Labute approximate surface area is 178 Å². The fourth-order valence-electron chi connectivity index (χ4n) is 4.43. The van der Waals surface area contributed by atoms with Gasteiger partial charge >= 0.3 is 0 Å². The lowest BCUT2D eigenvalue weighted by atomic mass is 9.95. The molecule has 0 heterocycles. The molecule has 0 aromatic heterocycles. The van der Waals surface area contributed by atoms with Gasteiger partial charge in [-0.3, -0.25) is 4.79 Å². The van der Waals surface area contributed by atoms with Crippen molar-refractivity contribution < 1.29 is 14.2 Å². The molecule has 0 amide bonds. The maximum atomic E-state index is 13.2. The Hall–Kier alpha value is -2.73. The fraction of sp³-hybridized carbons (Fsp3) is 0.458. The second-order valence-corrected chi connectivity index (χ2v) is 7.33. The molecule has 1 aliphatic rings. The van der Waals surface area contributed by atoms with Gasteiger partial charge in [0.2, 0.25) is 11.2 Å². The maximum absolute atomic E-state index is 13.2. The van der Waals surface area contributed by atoms with Crippen molar-refractivity contribution in [1.29, 1.82) is 0 Å². The summed E-state index contributed by atoms with van der Waals surface area (Å²) in [6.45, 7) is 5.68. The molecule has 0 radical (unpaired) electrons. The normalized spacial score (nSPS) is 14.9. The highest BCUT2D eigenvalue weighted by atomic mass is 16.5. The molecule has 0 spiro atoms. The summed E-state index contributed by atoms with van der Waals surface area (Å²) in [6.07, 6.45) is 1.69. The Balaban J connectivity index is 2.40.